The fraction of sp³-hybridized carbons (Fsp3) is 0.114. The van der Waals surface area contributed by atoms with E-state index in [1.165, 1.54) is 0 Å². The van der Waals surface area contributed by atoms with E-state index in [2.05, 4.69) is 5.32 Å². The van der Waals surface area contributed by atoms with Crippen molar-refractivity contribution < 1.29 is 19.5 Å². The highest BCUT2D eigenvalue weighted by molar-refractivity contribution is 6.35. The summed E-state index contributed by atoms with van der Waals surface area (Å²) in [7, 11) is 0. The van der Waals surface area contributed by atoms with Crippen molar-refractivity contribution in [2.75, 3.05) is 5.32 Å². The molecule has 3 aliphatic heterocycles. The number of fused-ring (bicyclic) bond motifs is 6. The zero-order valence-corrected chi connectivity index (χ0v) is 22.1. The van der Waals surface area contributed by atoms with E-state index >= 15 is 0 Å². The van der Waals surface area contributed by atoms with Gasteiger partial charge in [0.25, 0.3) is 5.91 Å². The maximum atomic E-state index is 14.9. The van der Waals surface area contributed by atoms with Gasteiger partial charge in [-0.3, -0.25) is 14.4 Å². The third kappa shape index (κ3) is 2.72. The van der Waals surface area contributed by atoms with Crippen molar-refractivity contribution in [2.45, 2.75) is 18.6 Å². The summed E-state index contributed by atoms with van der Waals surface area (Å²) in [6.07, 6.45) is 3.69. The van der Waals surface area contributed by atoms with Crippen LogP contribution in [0.4, 0.5) is 5.69 Å². The number of ketones is 2. The number of aliphatic hydroxyl groups is 1. The minimum Gasteiger partial charge on any atom is -0.377 e. The van der Waals surface area contributed by atoms with Gasteiger partial charge in [0.1, 0.15) is 0 Å². The van der Waals surface area contributed by atoms with Gasteiger partial charge in [0.15, 0.2) is 22.6 Å². The van der Waals surface area contributed by atoms with Gasteiger partial charge in [-0.15, -0.1) is 0 Å². The van der Waals surface area contributed by atoms with Gasteiger partial charge in [0.2, 0.25) is 0 Å². The predicted molar refractivity (Wildman–Crippen MR) is 155 cm³/mol. The second kappa shape index (κ2) is 7.99. The molecule has 2 N–H and O–H groups in total. The smallest absolute Gasteiger partial charge is 0.258 e. The van der Waals surface area contributed by atoms with Crippen molar-refractivity contribution in [2.24, 2.45) is 5.41 Å². The Kier molecular flexibility index (Phi) is 4.64. The summed E-state index contributed by atoms with van der Waals surface area (Å²) >= 11 is 0. The summed E-state index contributed by atoms with van der Waals surface area (Å²) in [5.74, 6) is -1.31. The second-order valence-corrected chi connectivity index (χ2v) is 11.1. The van der Waals surface area contributed by atoms with Gasteiger partial charge in [-0.25, -0.2) is 0 Å². The third-order valence-corrected chi connectivity index (χ3v) is 9.05. The Hall–Kier alpha value is -5.07. The Morgan fingerprint density at radius 2 is 1.44 bits per heavy atom. The van der Waals surface area contributed by atoms with Gasteiger partial charge in [-0.1, -0.05) is 90.5 Å². The standard InChI is InChI=1S/C35H24N2O4/c1-20-15-16-27-26(19-20)28(33(40)36-27)30-35(41,22-10-3-2-4-11-22)34(31(38)24-13-7-8-14-25(24)32(34)39)29-23-12-6-5-9-21(23)17-18-37(29)30/h2-19,29,41H,1H3,(H,36,40)/b30-28+. The number of anilines is 1. The fourth-order valence-corrected chi connectivity index (χ4v) is 7.38. The predicted octanol–water partition coefficient (Wildman–Crippen LogP) is 5.65. The Morgan fingerprint density at radius 1 is 0.780 bits per heavy atom. The quantitative estimate of drug-likeness (QED) is 0.242. The summed E-state index contributed by atoms with van der Waals surface area (Å²) in [5.41, 5.74) is 0.957. The molecule has 2 unspecified atom stereocenters. The number of carbonyl (C=O) groups is 3. The molecular weight excluding hydrogens is 512 g/mol. The normalized spacial score (nSPS) is 24.8. The van der Waals surface area contributed by atoms with Crippen LogP contribution in [-0.4, -0.2) is 27.5 Å². The van der Waals surface area contributed by atoms with Gasteiger partial charge >= 0.3 is 0 Å². The molecule has 0 radical (unpaired) electrons. The molecule has 1 saturated heterocycles. The number of benzene rings is 4. The Bertz CT molecular complexity index is 1890. The lowest BCUT2D eigenvalue weighted by molar-refractivity contribution is -0.111. The van der Waals surface area contributed by atoms with Crippen molar-refractivity contribution in [1.29, 1.82) is 0 Å². The van der Waals surface area contributed by atoms with Gasteiger partial charge in [0, 0.05) is 28.6 Å². The van der Waals surface area contributed by atoms with Gasteiger partial charge in [-0.05, 0) is 41.8 Å². The number of nitrogens with zero attached hydrogens (tertiary/aromatic N) is 1. The number of hydrogen-bond donors (Lipinski definition) is 2. The number of rotatable bonds is 1. The number of amides is 1. The SMILES string of the molecule is Cc1ccc2c(c1)/C(=C1\N3C=Cc4ccccc4C3C3(C(=O)c4ccccc4C3=O)C1(O)c1ccccc1)C(=O)N2. The minimum atomic E-state index is -2.19. The molecule has 198 valence electrons. The van der Waals surface area contributed by atoms with Gasteiger partial charge in [0.05, 0.1) is 17.3 Å². The second-order valence-electron chi connectivity index (χ2n) is 11.1. The molecule has 4 aliphatic rings. The molecule has 41 heavy (non-hydrogen) atoms. The summed E-state index contributed by atoms with van der Waals surface area (Å²) in [6, 6.07) is 27.9. The third-order valence-electron chi connectivity index (χ3n) is 9.05. The van der Waals surface area contributed by atoms with E-state index in [-0.39, 0.29) is 22.4 Å². The first-order valence-corrected chi connectivity index (χ1v) is 13.6. The molecule has 0 bridgehead atoms. The van der Waals surface area contributed by atoms with Gasteiger partial charge < -0.3 is 15.3 Å². The maximum Gasteiger partial charge on any atom is 0.258 e. The van der Waals surface area contributed by atoms with Crippen LogP contribution in [0.5, 0.6) is 0 Å². The van der Waals surface area contributed by atoms with Crippen LogP contribution < -0.4 is 5.32 Å². The number of carbonyl (C=O) groups excluding carboxylic acids is 3. The average molecular weight is 537 g/mol. The zero-order valence-electron chi connectivity index (χ0n) is 22.1. The molecule has 3 heterocycles. The summed E-state index contributed by atoms with van der Waals surface area (Å²) < 4.78 is 0. The highest BCUT2D eigenvalue weighted by atomic mass is 16.3. The van der Waals surface area contributed by atoms with Crippen LogP contribution in [-0.2, 0) is 10.4 Å². The summed E-state index contributed by atoms with van der Waals surface area (Å²) in [5, 5.41) is 16.4. The van der Waals surface area contributed by atoms with Crippen molar-refractivity contribution in [3.63, 3.8) is 0 Å². The van der Waals surface area contributed by atoms with E-state index in [4.69, 9.17) is 0 Å². The average Bonchev–Trinajstić information content (AvgIpc) is 3.53. The van der Waals surface area contributed by atoms with E-state index < -0.39 is 34.5 Å². The van der Waals surface area contributed by atoms with Crippen molar-refractivity contribution in [1.82, 2.24) is 4.90 Å². The van der Waals surface area contributed by atoms with Crippen LogP contribution in [0.1, 0.15) is 54.6 Å². The van der Waals surface area contributed by atoms with Crippen molar-refractivity contribution >= 4 is 34.8 Å². The molecule has 2 atom stereocenters. The first-order chi connectivity index (χ1) is 19.9. The van der Waals surface area contributed by atoms with Crippen LogP contribution in [0.2, 0.25) is 0 Å². The zero-order chi connectivity index (χ0) is 28.1. The van der Waals surface area contributed by atoms with Crippen LogP contribution in [0.3, 0.4) is 0 Å². The molecule has 1 amide bonds. The van der Waals surface area contributed by atoms with Crippen molar-refractivity contribution in [3.05, 3.63) is 148 Å². The molecule has 0 aromatic heterocycles. The van der Waals surface area contributed by atoms with E-state index in [0.717, 1.165) is 16.7 Å². The molecular formula is C35H24N2O4. The number of nitrogens with one attached hydrogen (secondary N) is 1. The molecule has 6 nitrogen and oxygen atoms in total. The van der Waals surface area contributed by atoms with E-state index in [1.54, 1.807) is 59.6 Å². The van der Waals surface area contributed by atoms with E-state index in [1.807, 2.05) is 61.5 Å². The molecule has 0 saturated carbocycles. The van der Waals surface area contributed by atoms with E-state index in [9.17, 15) is 19.5 Å². The molecule has 1 aliphatic carbocycles. The molecule has 8 rings (SSSR count). The monoisotopic (exact) mass is 536 g/mol. The Morgan fingerprint density at radius 3 is 2.17 bits per heavy atom. The van der Waals surface area contributed by atoms with Gasteiger partial charge in [-0.2, -0.15) is 0 Å². The summed E-state index contributed by atoms with van der Waals surface area (Å²) in [4.78, 5) is 45.4. The molecule has 1 spiro atoms. The first-order valence-electron chi connectivity index (χ1n) is 13.6. The number of aryl methyl sites for hydroxylation is 1. The number of hydrogen-bond acceptors (Lipinski definition) is 5. The lowest BCUT2D eigenvalue weighted by Crippen LogP contribution is -2.53. The highest BCUT2D eigenvalue weighted by Crippen LogP contribution is 2.69. The molecule has 4 aromatic carbocycles. The van der Waals surface area contributed by atoms with Crippen LogP contribution in [0.25, 0.3) is 11.6 Å². The highest BCUT2D eigenvalue weighted by Gasteiger charge is 2.77. The first kappa shape index (κ1) is 23.8. The summed E-state index contributed by atoms with van der Waals surface area (Å²) in [6.45, 7) is 1.94. The van der Waals surface area contributed by atoms with E-state index in [0.29, 0.717) is 16.8 Å². The van der Waals surface area contributed by atoms with Crippen LogP contribution in [0.15, 0.2) is 109 Å². The largest absolute Gasteiger partial charge is 0.377 e. The lowest BCUT2D eigenvalue weighted by Gasteiger charge is -2.40. The Balaban J connectivity index is 1.57. The minimum absolute atomic E-state index is 0.218. The van der Waals surface area contributed by atoms with Crippen molar-refractivity contribution in [3.8, 4) is 0 Å². The lowest BCUT2D eigenvalue weighted by atomic mass is 9.60. The fourth-order valence-electron chi connectivity index (χ4n) is 7.38. The maximum absolute atomic E-state index is 14.9. The van der Waals surface area contributed by atoms with Crippen LogP contribution in [0, 0.1) is 12.3 Å². The topological polar surface area (TPSA) is 86.7 Å². The van der Waals surface area contributed by atoms with Crippen LogP contribution >= 0.6 is 0 Å². The number of Topliss-reactive ketones (excluding diaryl/α,β-unsaturated/α-hetero) is 2. The Labute approximate surface area is 236 Å². The molecule has 1 fully saturated rings. The molecule has 6 heteroatoms. The molecule has 4 aromatic rings.